The molecule has 1 unspecified atom stereocenters. The number of guanidine groups is 1. The van der Waals surface area contributed by atoms with Crippen LogP contribution in [0.2, 0.25) is 0 Å². The van der Waals surface area contributed by atoms with Crippen molar-refractivity contribution in [1.82, 2.24) is 15.1 Å². The molecule has 1 saturated heterocycles. The molecule has 1 fully saturated rings. The van der Waals surface area contributed by atoms with Crippen LogP contribution in [0.15, 0.2) is 29.3 Å². The van der Waals surface area contributed by atoms with Crippen LogP contribution in [-0.4, -0.2) is 68.7 Å². The number of aliphatic imine (C=N–C) groups is 1. The van der Waals surface area contributed by atoms with E-state index in [9.17, 15) is 0 Å². The first-order valence-corrected chi connectivity index (χ1v) is 8.12. The van der Waals surface area contributed by atoms with Gasteiger partial charge in [0.1, 0.15) is 0 Å². The SMILES string of the molecule is Cc1ccc(C(CNC2=NCCN2C)N2CCOCC2)cc1.I. The lowest BCUT2D eigenvalue weighted by molar-refractivity contribution is 0.0169. The largest absolute Gasteiger partial charge is 0.379 e. The van der Waals surface area contributed by atoms with Gasteiger partial charge in [0, 0.05) is 33.2 Å². The lowest BCUT2D eigenvalue weighted by Crippen LogP contribution is -2.45. The summed E-state index contributed by atoms with van der Waals surface area (Å²) in [4.78, 5) is 9.23. The van der Waals surface area contributed by atoms with Gasteiger partial charge in [0.2, 0.25) is 0 Å². The van der Waals surface area contributed by atoms with Crippen LogP contribution in [-0.2, 0) is 4.74 Å². The molecule has 3 rings (SSSR count). The summed E-state index contributed by atoms with van der Waals surface area (Å²) in [5.41, 5.74) is 2.67. The summed E-state index contributed by atoms with van der Waals surface area (Å²) in [6.07, 6.45) is 0. The third-order valence-electron chi connectivity index (χ3n) is 4.46. The van der Waals surface area contributed by atoms with E-state index in [1.54, 1.807) is 0 Å². The number of rotatable bonds is 4. The van der Waals surface area contributed by atoms with Gasteiger partial charge in [-0.05, 0) is 12.5 Å². The lowest BCUT2D eigenvalue weighted by Gasteiger charge is -2.35. The van der Waals surface area contributed by atoms with Crippen molar-refractivity contribution < 1.29 is 4.74 Å². The molecule has 0 saturated carbocycles. The van der Waals surface area contributed by atoms with Crippen LogP contribution in [0, 0.1) is 6.92 Å². The topological polar surface area (TPSA) is 40.1 Å². The highest BCUT2D eigenvalue weighted by Crippen LogP contribution is 2.22. The molecule has 2 heterocycles. The predicted octanol–water partition coefficient (Wildman–Crippen LogP) is 1.88. The van der Waals surface area contributed by atoms with Gasteiger partial charge in [0.05, 0.1) is 25.8 Å². The van der Waals surface area contributed by atoms with E-state index in [1.807, 2.05) is 0 Å². The van der Waals surface area contributed by atoms with Gasteiger partial charge in [0.25, 0.3) is 0 Å². The second kappa shape index (κ2) is 8.84. The fourth-order valence-electron chi connectivity index (χ4n) is 3.05. The van der Waals surface area contributed by atoms with Gasteiger partial charge in [-0.3, -0.25) is 9.89 Å². The van der Waals surface area contributed by atoms with E-state index in [1.165, 1.54) is 11.1 Å². The van der Waals surface area contributed by atoms with Crippen LogP contribution in [0.1, 0.15) is 17.2 Å². The number of aryl methyl sites for hydroxylation is 1. The summed E-state index contributed by atoms with van der Waals surface area (Å²) in [7, 11) is 2.09. The number of nitrogens with zero attached hydrogens (tertiary/aromatic N) is 3. The van der Waals surface area contributed by atoms with Crippen molar-refractivity contribution in [3.05, 3.63) is 35.4 Å². The van der Waals surface area contributed by atoms with Crippen LogP contribution < -0.4 is 5.32 Å². The zero-order valence-electron chi connectivity index (χ0n) is 14.0. The highest BCUT2D eigenvalue weighted by Gasteiger charge is 2.23. The molecular formula is C17H27IN4O. The van der Waals surface area contributed by atoms with Crippen molar-refractivity contribution in [3.8, 4) is 0 Å². The van der Waals surface area contributed by atoms with Crippen LogP contribution >= 0.6 is 24.0 Å². The van der Waals surface area contributed by atoms with Crippen LogP contribution in [0.5, 0.6) is 0 Å². The molecule has 0 aliphatic carbocycles. The molecule has 2 aliphatic heterocycles. The predicted molar refractivity (Wildman–Crippen MR) is 105 cm³/mol. The lowest BCUT2D eigenvalue weighted by atomic mass is 10.0. The Morgan fingerprint density at radius 3 is 2.48 bits per heavy atom. The van der Waals surface area contributed by atoms with Gasteiger partial charge >= 0.3 is 0 Å². The first-order chi connectivity index (χ1) is 10.7. The van der Waals surface area contributed by atoms with Gasteiger partial charge in [-0.25, -0.2) is 0 Å². The Morgan fingerprint density at radius 1 is 1.17 bits per heavy atom. The molecule has 6 heteroatoms. The Balaban J connectivity index is 0.00000192. The Labute approximate surface area is 156 Å². The van der Waals surface area contributed by atoms with Gasteiger partial charge < -0.3 is 15.0 Å². The Kier molecular flexibility index (Phi) is 7.10. The third kappa shape index (κ3) is 4.81. The Hall–Kier alpha value is -0.860. The number of likely N-dealkylation sites (N-methyl/N-ethyl adjacent to an activating group) is 1. The average molecular weight is 430 g/mol. The maximum Gasteiger partial charge on any atom is 0.193 e. The smallest absolute Gasteiger partial charge is 0.193 e. The zero-order valence-corrected chi connectivity index (χ0v) is 16.3. The highest BCUT2D eigenvalue weighted by atomic mass is 127. The molecule has 1 atom stereocenters. The molecule has 1 aromatic carbocycles. The quantitative estimate of drug-likeness (QED) is 0.741. The third-order valence-corrected chi connectivity index (χ3v) is 4.46. The van der Waals surface area contributed by atoms with Crippen LogP contribution in [0.4, 0.5) is 0 Å². The Bertz CT molecular complexity index is 514. The van der Waals surface area contributed by atoms with Crippen LogP contribution in [0.25, 0.3) is 0 Å². The van der Waals surface area contributed by atoms with Gasteiger partial charge in [-0.15, -0.1) is 24.0 Å². The van der Waals surface area contributed by atoms with E-state index >= 15 is 0 Å². The zero-order chi connectivity index (χ0) is 15.4. The number of halogens is 1. The van der Waals surface area contributed by atoms with Crippen molar-refractivity contribution in [2.24, 2.45) is 4.99 Å². The van der Waals surface area contributed by atoms with Crippen molar-refractivity contribution in [1.29, 1.82) is 0 Å². The fourth-order valence-corrected chi connectivity index (χ4v) is 3.05. The molecule has 1 N–H and O–H groups in total. The second-order valence-corrected chi connectivity index (χ2v) is 6.08. The number of nitrogens with one attached hydrogen (secondary N) is 1. The van der Waals surface area contributed by atoms with E-state index in [0.717, 1.165) is 51.9 Å². The minimum Gasteiger partial charge on any atom is -0.379 e. The van der Waals surface area contributed by atoms with Gasteiger partial charge in [-0.1, -0.05) is 29.8 Å². The minimum atomic E-state index is 0. The number of ether oxygens (including phenoxy) is 1. The Morgan fingerprint density at radius 2 is 1.87 bits per heavy atom. The normalized spacial score (nSPS) is 19.9. The maximum atomic E-state index is 5.51. The van der Waals surface area contributed by atoms with E-state index in [2.05, 4.69) is 58.3 Å². The average Bonchev–Trinajstić information content (AvgIpc) is 2.96. The summed E-state index contributed by atoms with van der Waals surface area (Å²) in [5, 5.41) is 3.54. The standard InChI is InChI=1S/C17H26N4O.HI/c1-14-3-5-15(6-4-14)16(21-9-11-22-12-10-21)13-19-17-18-7-8-20(17)2;/h3-6,16H,7-13H2,1-2H3,(H,18,19);1H. The molecule has 0 spiro atoms. The first kappa shape index (κ1) is 18.5. The molecule has 23 heavy (non-hydrogen) atoms. The molecule has 128 valence electrons. The van der Waals surface area contributed by atoms with E-state index < -0.39 is 0 Å². The summed E-state index contributed by atoms with van der Waals surface area (Å²) >= 11 is 0. The van der Waals surface area contributed by atoms with Crippen molar-refractivity contribution >= 4 is 29.9 Å². The number of benzene rings is 1. The summed E-state index contributed by atoms with van der Waals surface area (Å²) in [6.45, 7) is 8.54. The molecule has 5 nitrogen and oxygen atoms in total. The van der Waals surface area contributed by atoms with Crippen molar-refractivity contribution in [3.63, 3.8) is 0 Å². The molecule has 2 aliphatic rings. The van der Waals surface area contributed by atoms with E-state index in [-0.39, 0.29) is 24.0 Å². The minimum absolute atomic E-state index is 0. The van der Waals surface area contributed by atoms with E-state index in [0.29, 0.717) is 6.04 Å². The molecule has 0 amide bonds. The molecule has 0 aromatic heterocycles. The second-order valence-electron chi connectivity index (χ2n) is 6.08. The maximum absolute atomic E-state index is 5.51. The molecule has 0 radical (unpaired) electrons. The summed E-state index contributed by atoms with van der Waals surface area (Å²) in [6, 6.07) is 9.25. The van der Waals surface area contributed by atoms with E-state index in [4.69, 9.17) is 4.74 Å². The summed E-state index contributed by atoms with van der Waals surface area (Å²) < 4.78 is 5.51. The van der Waals surface area contributed by atoms with Gasteiger partial charge in [-0.2, -0.15) is 0 Å². The fraction of sp³-hybridized carbons (Fsp3) is 0.588. The molecule has 1 aromatic rings. The van der Waals surface area contributed by atoms with Crippen LogP contribution in [0.3, 0.4) is 0 Å². The first-order valence-electron chi connectivity index (χ1n) is 8.12. The molecule has 0 bridgehead atoms. The number of hydrogen-bond donors (Lipinski definition) is 1. The number of hydrogen-bond acceptors (Lipinski definition) is 5. The molecular weight excluding hydrogens is 403 g/mol. The summed E-state index contributed by atoms with van der Waals surface area (Å²) in [5.74, 6) is 1.02. The highest BCUT2D eigenvalue weighted by molar-refractivity contribution is 14.0. The monoisotopic (exact) mass is 430 g/mol. The van der Waals surface area contributed by atoms with Gasteiger partial charge in [0.15, 0.2) is 5.96 Å². The number of morpholine rings is 1. The van der Waals surface area contributed by atoms with Crippen molar-refractivity contribution in [2.45, 2.75) is 13.0 Å². The van der Waals surface area contributed by atoms with Crippen molar-refractivity contribution in [2.75, 3.05) is 53.0 Å².